The maximum Gasteiger partial charge on any atom is 0.193 e. The highest BCUT2D eigenvalue weighted by molar-refractivity contribution is 6.33. The zero-order valence-corrected chi connectivity index (χ0v) is 10.9. The molecule has 18 heavy (non-hydrogen) atoms. The van der Waals surface area contributed by atoms with Crippen molar-refractivity contribution in [1.82, 2.24) is 0 Å². The van der Waals surface area contributed by atoms with E-state index in [0.717, 1.165) is 0 Å². The van der Waals surface area contributed by atoms with Gasteiger partial charge in [0.15, 0.2) is 5.78 Å². The number of rotatable bonds is 2. The molecule has 0 saturated heterocycles. The van der Waals surface area contributed by atoms with E-state index in [9.17, 15) is 14.3 Å². The fourth-order valence-corrected chi connectivity index (χ4v) is 2.23. The third kappa shape index (κ3) is 2.28. The van der Waals surface area contributed by atoms with Crippen LogP contribution in [0.4, 0.5) is 4.39 Å². The lowest BCUT2D eigenvalue weighted by Gasteiger charge is -2.07. The summed E-state index contributed by atoms with van der Waals surface area (Å²) in [6, 6.07) is 2.90. The first-order valence-corrected chi connectivity index (χ1v) is 5.94. The van der Waals surface area contributed by atoms with E-state index < -0.39 is 11.6 Å². The molecule has 1 aromatic carbocycles. The minimum Gasteiger partial charge on any atom is -0.507 e. The van der Waals surface area contributed by atoms with E-state index in [1.165, 1.54) is 12.1 Å². The van der Waals surface area contributed by atoms with E-state index >= 15 is 0 Å². The Labute approximate surface area is 113 Å². The van der Waals surface area contributed by atoms with E-state index in [-0.39, 0.29) is 28.3 Å². The molecular weight excluding hydrogens is 278 g/mol. The van der Waals surface area contributed by atoms with Crippen LogP contribution in [0, 0.1) is 6.92 Å². The number of carbonyl (C=O) groups excluding carboxylic acids is 1. The predicted molar refractivity (Wildman–Crippen MR) is 68.9 cm³/mol. The van der Waals surface area contributed by atoms with Crippen LogP contribution in [0.2, 0.25) is 5.02 Å². The highest BCUT2D eigenvalue weighted by atomic mass is 35.5. The predicted octanol–water partition coefficient (Wildman–Crippen LogP) is 4.29. The third-order valence-corrected chi connectivity index (χ3v) is 3.24. The molecule has 1 aliphatic carbocycles. The van der Waals surface area contributed by atoms with Crippen LogP contribution in [0.5, 0.6) is 5.75 Å². The number of halogens is 3. The summed E-state index contributed by atoms with van der Waals surface area (Å²) >= 11 is 11.4. The highest BCUT2D eigenvalue weighted by Gasteiger charge is 2.24. The van der Waals surface area contributed by atoms with Crippen LogP contribution in [-0.2, 0) is 0 Å². The molecule has 0 aromatic heterocycles. The normalized spacial score (nSPS) is 15.0. The molecule has 1 aliphatic rings. The lowest BCUT2D eigenvalue weighted by Crippen LogP contribution is -2.03. The second-order valence-corrected chi connectivity index (χ2v) is 4.89. The van der Waals surface area contributed by atoms with E-state index in [1.54, 1.807) is 13.0 Å². The van der Waals surface area contributed by atoms with Gasteiger partial charge in [-0.15, -0.1) is 0 Å². The van der Waals surface area contributed by atoms with Crippen LogP contribution in [0.1, 0.15) is 22.3 Å². The number of benzene rings is 1. The van der Waals surface area contributed by atoms with E-state index in [2.05, 4.69) is 0 Å². The lowest BCUT2D eigenvalue weighted by atomic mass is 9.99. The van der Waals surface area contributed by atoms with Gasteiger partial charge in [-0.25, -0.2) is 4.39 Å². The molecule has 0 spiro atoms. The molecule has 2 nitrogen and oxygen atoms in total. The molecule has 0 radical (unpaired) electrons. The molecule has 0 fully saturated rings. The summed E-state index contributed by atoms with van der Waals surface area (Å²) in [4.78, 5) is 12.1. The van der Waals surface area contributed by atoms with Crippen molar-refractivity contribution in [2.45, 2.75) is 13.3 Å². The summed E-state index contributed by atoms with van der Waals surface area (Å²) in [5.74, 6) is -1.16. The van der Waals surface area contributed by atoms with Gasteiger partial charge in [-0.2, -0.15) is 0 Å². The molecule has 0 atom stereocenters. The number of hydrogen-bond acceptors (Lipinski definition) is 2. The van der Waals surface area contributed by atoms with Gasteiger partial charge in [0, 0.05) is 17.0 Å². The van der Waals surface area contributed by atoms with Crippen molar-refractivity contribution in [2.75, 3.05) is 0 Å². The number of carbonyl (C=O) groups is 1. The molecule has 5 heteroatoms. The van der Waals surface area contributed by atoms with Crippen LogP contribution in [0.3, 0.4) is 0 Å². The topological polar surface area (TPSA) is 37.3 Å². The van der Waals surface area contributed by atoms with Gasteiger partial charge >= 0.3 is 0 Å². The summed E-state index contributed by atoms with van der Waals surface area (Å²) in [7, 11) is 0. The van der Waals surface area contributed by atoms with E-state index in [4.69, 9.17) is 23.2 Å². The average Bonchev–Trinajstić information content (AvgIpc) is 2.63. The van der Waals surface area contributed by atoms with Gasteiger partial charge in [0.2, 0.25) is 0 Å². The number of phenols is 1. The molecule has 0 aliphatic heterocycles. The molecular formula is C13H9Cl2FO2. The largest absolute Gasteiger partial charge is 0.507 e. The van der Waals surface area contributed by atoms with Crippen LogP contribution in [0.25, 0.3) is 0 Å². The summed E-state index contributed by atoms with van der Waals surface area (Å²) in [6.45, 7) is 1.63. The van der Waals surface area contributed by atoms with Crippen LogP contribution in [-0.4, -0.2) is 10.9 Å². The maximum absolute atomic E-state index is 13.2. The van der Waals surface area contributed by atoms with Crippen molar-refractivity contribution in [1.29, 1.82) is 0 Å². The van der Waals surface area contributed by atoms with Crippen molar-refractivity contribution in [3.05, 3.63) is 50.8 Å². The molecule has 2 rings (SSSR count). The Morgan fingerprint density at radius 3 is 2.61 bits per heavy atom. The zero-order valence-electron chi connectivity index (χ0n) is 9.43. The molecule has 0 bridgehead atoms. The summed E-state index contributed by atoms with van der Waals surface area (Å²) < 4.78 is 13.2. The molecule has 1 N–H and O–H groups in total. The smallest absolute Gasteiger partial charge is 0.193 e. The molecule has 0 amide bonds. The molecule has 0 saturated carbocycles. The number of Topliss-reactive ketones (excluding diaryl/α,β-unsaturated/α-hetero) is 1. The van der Waals surface area contributed by atoms with E-state index in [0.29, 0.717) is 10.6 Å². The number of phenolic OH excluding ortho intramolecular Hbond substituents is 1. The van der Waals surface area contributed by atoms with Gasteiger partial charge < -0.3 is 5.11 Å². The summed E-state index contributed by atoms with van der Waals surface area (Å²) in [5.41, 5.74) is 0.754. The zero-order chi connectivity index (χ0) is 13.4. The van der Waals surface area contributed by atoms with Gasteiger partial charge in [0.1, 0.15) is 11.6 Å². The molecule has 0 unspecified atom stereocenters. The Kier molecular flexibility index (Phi) is 3.46. The van der Waals surface area contributed by atoms with Crippen molar-refractivity contribution < 1.29 is 14.3 Å². The minimum absolute atomic E-state index is 0.0606. The maximum atomic E-state index is 13.2. The Hall–Kier alpha value is -1.32. The second kappa shape index (κ2) is 4.75. The summed E-state index contributed by atoms with van der Waals surface area (Å²) in [6.07, 6.45) is 1.12. The number of allylic oxidation sites excluding steroid dienone is 4. The quantitative estimate of drug-likeness (QED) is 0.824. The van der Waals surface area contributed by atoms with Gasteiger partial charge in [-0.05, 0) is 30.7 Å². The molecule has 0 heterocycles. The average molecular weight is 287 g/mol. The minimum atomic E-state index is -0.543. The molecule has 1 aromatic rings. The van der Waals surface area contributed by atoms with Crippen molar-refractivity contribution >= 4 is 29.0 Å². The first kappa shape index (κ1) is 13.1. The SMILES string of the molecule is Cc1cc(Cl)cc(C(=O)C2=CC(Cl)=C(F)C2)c1O. The van der Waals surface area contributed by atoms with Crippen molar-refractivity contribution in [2.24, 2.45) is 0 Å². The van der Waals surface area contributed by atoms with Gasteiger partial charge in [0.25, 0.3) is 0 Å². The van der Waals surface area contributed by atoms with Crippen molar-refractivity contribution in [3.8, 4) is 5.75 Å². The first-order valence-electron chi connectivity index (χ1n) is 5.18. The number of aromatic hydroxyl groups is 1. The highest BCUT2D eigenvalue weighted by Crippen LogP contribution is 2.34. The Morgan fingerprint density at radius 1 is 1.39 bits per heavy atom. The molecule has 94 valence electrons. The Bertz CT molecular complexity index is 603. The van der Waals surface area contributed by atoms with Crippen molar-refractivity contribution in [3.63, 3.8) is 0 Å². The van der Waals surface area contributed by atoms with Crippen LogP contribution in [0.15, 0.2) is 34.6 Å². The van der Waals surface area contributed by atoms with Crippen LogP contribution < -0.4 is 0 Å². The standard InChI is InChI=1S/C13H9Cl2FO2/c1-6-2-8(14)5-9(12(6)17)13(18)7-3-10(15)11(16)4-7/h2-3,5,17H,4H2,1H3. The van der Waals surface area contributed by atoms with Crippen LogP contribution >= 0.6 is 23.2 Å². The lowest BCUT2D eigenvalue weighted by molar-refractivity contribution is 0.102. The van der Waals surface area contributed by atoms with E-state index in [1.807, 2.05) is 0 Å². The first-order chi connectivity index (χ1) is 8.40. The fourth-order valence-electron chi connectivity index (χ4n) is 1.76. The Balaban J connectivity index is 2.40. The number of aryl methyl sites for hydroxylation is 1. The van der Waals surface area contributed by atoms with Gasteiger partial charge in [-0.3, -0.25) is 4.79 Å². The Morgan fingerprint density at radius 2 is 2.06 bits per heavy atom. The number of hydrogen-bond donors (Lipinski definition) is 1. The third-order valence-electron chi connectivity index (χ3n) is 2.71. The second-order valence-electron chi connectivity index (χ2n) is 4.05. The number of ketones is 1. The monoisotopic (exact) mass is 286 g/mol. The van der Waals surface area contributed by atoms with Gasteiger partial charge in [-0.1, -0.05) is 23.2 Å². The summed E-state index contributed by atoms with van der Waals surface area (Å²) in [5, 5.41) is 10.1. The fraction of sp³-hybridized carbons (Fsp3) is 0.154. The van der Waals surface area contributed by atoms with Gasteiger partial charge in [0.05, 0.1) is 10.6 Å².